The number of non-ortho nitro benzene ring substituents is 1. The standard InChI is InChI=1S/C17H13N3O5S.BrH/c1-24-14-8-4-11(5-9-14)15(21)10-26-17-19-18-16(25-17)12-2-6-13(7-3-12)20(22)23;/h2-9H,10H2,1H3;1H/p-1. The van der Waals surface area contributed by atoms with Crippen molar-refractivity contribution in [3.63, 3.8) is 0 Å². The van der Waals surface area contributed by atoms with Gasteiger partial charge in [-0.3, -0.25) is 14.9 Å². The van der Waals surface area contributed by atoms with Gasteiger partial charge in [-0.25, -0.2) is 0 Å². The van der Waals surface area contributed by atoms with Crippen molar-refractivity contribution in [2.75, 3.05) is 12.9 Å². The number of carbonyl (C=O) groups excluding carboxylic acids is 1. The largest absolute Gasteiger partial charge is 1.00 e. The predicted octanol–water partition coefficient (Wildman–Crippen LogP) is 0.632. The lowest BCUT2D eigenvalue weighted by molar-refractivity contribution is -0.384. The van der Waals surface area contributed by atoms with E-state index in [1.54, 1.807) is 31.4 Å². The maximum Gasteiger partial charge on any atom is 0.277 e. The van der Waals surface area contributed by atoms with E-state index in [4.69, 9.17) is 9.15 Å². The van der Waals surface area contributed by atoms with Crippen LogP contribution in [-0.2, 0) is 0 Å². The number of hydrogen-bond donors (Lipinski definition) is 0. The van der Waals surface area contributed by atoms with Crippen LogP contribution in [0.1, 0.15) is 10.4 Å². The molecule has 8 nitrogen and oxygen atoms in total. The van der Waals surface area contributed by atoms with Crippen LogP contribution in [0.15, 0.2) is 58.2 Å². The molecule has 0 aliphatic carbocycles. The number of carbonyl (C=O) groups is 1. The molecule has 10 heteroatoms. The summed E-state index contributed by atoms with van der Waals surface area (Å²) in [6, 6.07) is 12.6. The number of rotatable bonds is 7. The number of ether oxygens (including phenoxy) is 1. The molecule has 3 aromatic rings. The topological polar surface area (TPSA) is 108 Å². The van der Waals surface area contributed by atoms with Gasteiger partial charge in [-0.15, -0.1) is 10.2 Å². The zero-order valence-corrected chi connectivity index (χ0v) is 16.4. The molecular weight excluding hydrogens is 438 g/mol. The Morgan fingerprint density at radius 1 is 1.15 bits per heavy atom. The maximum absolute atomic E-state index is 12.2. The Bertz CT molecular complexity index is 929. The van der Waals surface area contributed by atoms with Crippen molar-refractivity contribution >= 4 is 23.2 Å². The Kier molecular flexibility index (Phi) is 7.08. The Morgan fingerprint density at radius 2 is 1.81 bits per heavy atom. The smallest absolute Gasteiger partial charge is 0.277 e. The molecule has 140 valence electrons. The second-order valence-electron chi connectivity index (χ2n) is 5.12. The number of ketones is 1. The van der Waals surface area contributed by atoms with Gasteiger partial charge in [-0.2, -0.15) is 0 Å². The van der Waals surface area contributed by atoms with Crippen molar-refractivity contribution in [2.24, 2.45) is 0 Å². The molecule has 1 aromatic heterocycles. The van der Waals surface area contributed by atoms with Gasteiger partial charge in [0.05, 0.1) is 17.8 Å². The average molecular weight is 451 g/mol. The van der Waals surface area contributed by atoms with Gasteiger partial charge in [0.2, 0.25) is 5.89 Å². The molecule has 0 aliphatic rings. The van der Waals surface area contributed by atoms with Crippen LogP contribution in [-0.4, -0.2) is 33.8 Å². The molecule has 0 unspecified atom stereocenters. The lowest BCUT2D eigenvalue weighted by Crippen LogP contribution is -3.00. The molecule has 3 rings (SSSR count). The van der Waals surface area contributed by atoms with E-state index in [2.05, 4.69) is 10.2 Å². The summed E-state index contributed by atoms with van der Waals surface area (Å²) >= 11 is 1.13. The first-order chi connectivity index (χ1) is 12.6. The molecule has 0 saturated heterocycles. The van der Waals surface area contributed by atoms with E-state index < -0.39 is 4.92 Å². The minimum absolute atomic E-state index is 0. The van der Waals surface area contributed by atoms with Crippen molar-refractivity contribution < 1.29 is 35.9 Å². The average Bonchev–Trinajstić information content (AvgIpc) is 3.15. The Labute approximate surface area is 168 Å². The molecular formula is C17H13BrN3O5S-. The van der Waals surface area contributed by atoms with E-state index in [1.165, 1.54) is 24.3 Å². The van der Waals surface area contributed by atoms with Crippen molar-refractivity contribution in [1.82, 2.24) is 10.2 Å². The number of nitrogens with zero attached hydrogens (tertiary/aromatic N) is 3. The van der Waals surface area contributed by atoms with E-state index in [0.717, 1.165) is 11.8 Å². The van der Waals surface area contributed by atoms with Crippen molar-refractivity contribution in [2.45, 2.75) is 5.22 Å². The van der Waals surface area contributed by atoms with Crippen LogP contribution >= 0.6 is 11.8 Å². The molecule has 0 fully saturated rings. The Hall–Kier alpha value is -2.72. The number of methoxy groups -OCH3 is 1. The lowest BCUT2D eigenvalue weighted by Gasteiger charge is -2.01. The first-order valence-electron chi connectivity index (χ1n) is 7.45. The van der Waals surface area contributed by atoms with Crippen molar-refractivity contribution in [3.8, 4) is 17.2 Å². The SMILES string of the molecule is COc1ccc(C(=O)CSc2nnc(-c3ccc([N+](=O)[O-])cc3)o2)cc1.[Br-]. The first-order valence-corrected chi connectivity index (χ1v) is 8.44. The van der Waals surface area contributed by atoms with Crippen molar-refractivity contribution in [1.29, 1.82) is 0 Å². The molecule has 0 saturated carbocycles. The maximum atomic E-state index is 12.2. The van der Waals surface area contributed by atoms with Gasteiger partial charge in [-0.1, -0.05) is 11.8 Å². The molecule has 0 atom stereocenters. The fraction of sp³-hybridized carbons (Fsp3) is 0.118. The summed E-state index contributed by atoms with van der Waals surface area (Å²) in [4.78, 5) is 22.4. The highest BCUT2D eigenvalue weighted by Gasteiger charge is 2.13. The normalized spacial score (nSPS) is 10.1. The number of benzene rings is 2. The summed E-state index contributed by atoms with van der Waals surface area (Å²) in [6.07, 6.45) is 0. The van der Waals surface area contributed by atoms with Crippen LogP contribution in [0.4, 0.5) is 5.69 Å². The summed E-state index contributed by atoms with van der Waals surface area (Å²) in [5.41, 5.74) is 1.11. The zero-order chi connectivity index (χ0) is 18.5. The summed E-state index contributed by atoms with van der Waals surface area (Å²) in [7, 11) is 1.56. The van der Waals surface area contributed by atoms with Gasteiger partial charge < -0.3 is 26.1 Å². The summed E-state index contributed by atoms with van der Waals surface area (Å²) in [6.45, 7) is 0. The number of thioether (sulfide) groups is 1. The number of Topliss-reactive ketones (excluding diaryl/α,β-unsaturated/α-hetero) is 1. The molecule has 0 bridgehead atoms. The monoisotopic (exact) mass is 450 g/mol. The molecule has 27 heavy (non-hydrogen) atoms. The van der Waals surface area contributed by atoms with Crippen LogP contribution < -0.4 is 21.7 Å². The third-order valence-electron chi connectivity index (χ3n) is 3.47. The van der Waals surface area contributed by atoms with Gasteiger partial charge in [-0.05, 0) is 36.4 Å². The molecule has 2 aromatic carbocycles. The van der Waals surface area contributed by atoms with E-state index >= 15 is 0 Å². The van der Waals surface area contributed by atoms with E-state index in [1.807, 2.05) is 0 Å². The van der Waals surface area contributed by atoms with Gasteiger partial charge in [0.15, 0.2) is 5.78 Å². The third-order valence-corrected chi connectivity index (χ3v) is 4.29. The van der Waals surface area contributed by atoms with Crippen molar-refractivity contribution in [3.05, 3.63) is 64.2 Å². The molecule has 0 N–H and O–H groups in total. The number of aromatic nitrogens is 2. The van der Waals surface area contributed by atoms with Gasteiger partial charge in [0, 0.05) is 23.3 Å². The summed E-state index contributed by atoms with van der Waals surface area (Å²) in [5.74, 6) is 0.986. The number of nitro benzene ring substituents is 1. The molecule has 1 heterocycles. The Morgan fingerprint density at radius 3 is 2.41 bits per heavy atom. The highest BCUT2D eigenvalue weighted by atomic mass is 79.9. The van der Waals surface area contributed by atoms with Crippen LogP contribution in [0.5, 0.6) is 5.75 Å². The lowest BCUT2D eigenvalue weighted by atomic mass is 10.1. The van der Waals surface area contributed by atoms with Crippen LogP contribution in [0.2, 0.25) is 0 Å². The number of hydrogen-bond acceptors (Lipinski definition) is 8. The second-order valence-corrected chi connectivity index (χ2v) is 6.04. The second kappa shape index (κ2) is 9.28. The predicted molar refractivity (Wildman–Crippen MR) is 94.4 cm³/mol. The van der Waals surface area contributed by atoms with Crippen LogP contribution in [0.25, 0.3) is 11.5 Å². The third kappa shape index (κ3) is 5.14. The molecule has 0 radical (unpaired) electrons. The highest BCUT2D eigenvalue weighted by molar-refractivity contribution is 7.99. The minimum atomic E-state index is -0.482. The zero-order valence-electron chi connectivity index (χ0n) is 14.0. The highest BCUT2D eigenvalue weighted by Crippen LogP contribution is 2.25. The fourth-order valence-corrected chi connectivity index (χ4v) is 2.76. The quantitative estimate of drug-likeness (QED) is 0.223. The number of nitro groups is 1. The van der Waals surface area contributed by atoms with E-state index in [-0.39, 0.29) is 45.3 Å². The number of halogens is 1. The Balaban J connectivity index is 0.00000261. The minimum Gasteiger partial charge on any atom is -1.00 e. The summed E-state index contributed by atoms with van der Waals surface area (Å²) in [5, 5.41) is 18.7. The van der Waals surface area contributed by atoms with E-state index in [9.17, 15) is 14.9 Å². The van der Waals surface area contributed by atoms with Gasteiger partial charge >= 0.3 is 0 Å². The summed E-state index contributed by atoms with van der Waals surface area (Å²) < 4.78 is 10.5. The molecule has 0 amide bonds. The van der Waals surface area contributed by atoms with Gasteiger partial charge in [0.1, 0.15) is 5.75 Å². The fourth-order valence-electron chi connectivity index (χ4n) is 2.10. The molecule has 0 spiro atoms. The molecule has 0 aliphatic heterocycles. The van der Waals surface area contributed by atoms with Gasteiger partial charge in [0.25, 0.3) is 10.9 Å². The van der Waals surface area contributed by atoms with Crippen LogP contribution in [0.3, 0.4) is 0 Å². The first kappa shape index (κ1) is 20.6. The van der Waals surface area contributed by atoms with E-state index in [0.29, 0.717) is 16.9 Å². The van der Waals surface area contributed by atoms with Crippen LogP contribution in [0, 0.1) is 10.1 Å².